The topological polar surface area (TPSA) is 105 Å². The minimum absolute atomic E-state index is 0.0791. The number of rotatable bonds is 4. The van der Waals surface area contributed by atoms with Gasteiger partial charge in [-0.25, -0.2) is 4.98 Å². The fourth-order valence-corrected chi connectivity index (χ4v) is 6.23. The first-order chi connectivity index (χ1) is 17.0. The molecule has 1 amide bonds. The summed E-state index contributed by atoms with van der Waals surface area (Å²) in [6.45, 7) is 3.26. The summed E-state index contributed by atoms with van der Waals surface area (Å²) < 4.78 is 10.7. The zero-order chi connectivity index (χ0) is 24.2. The van der Waals surface area contributed by atoms with Gasteiger partial charge in [-0.1, -0.05) is 0 Å². The van der Waals surface area contributed by atoms with Crippen molar-refractivity contribution in [2.75, 3.05) is 33.4 Å². The molecule has 184 valence electrons. The summed E-state index contributed by atoms with van der Waals surface area (Å²) in [5.41, 5.74) is 2.73. The van der Waals surface area contributed by atoms with Gasteiger partial charge in [-0.05, 0) is 62.5 Å². The molecule has 1 aromatic heterocycles. The lowest BCUT2D eigenvalue weighted by Crippen LogP contribution is -2.49. The SMILES string of the molecule is COc1ccc2c(c1)CC1(CCN(C3CCN(Cc4nc5c(c(=O)[nH]4)COCC5)C3=O)CC1)C2=O. The first kappa shape index (κ1) is 22.4. The van der Waals surface area contributed by atoms with Crippen LogP contribution in [0.4, 0.5) is 0 Å². The Morgan fingerprint density at radius 3 is 2.83 bits per heavy atom. The first-order valence-corrected chi connectivity index (χ1v) is 12.4. The summed E-state index contributed by atoms with van der Waals surface area (Å²) in [4.78, 5) is 50.4. The summed E-state index contributed by atoms with van der Waals surface area (Å²) >= 11 is 0. The zero-order valence-electron chi connectivity index (χ0n) is 20.0. The van der Waals surface area contributed by atoms with Crippen LogP contribution >= 0.6 is 0 Å². The average molecular weight is 479 g/mol. The fourth-order valence-electron chi connectivity index (χ4n) is 6.23. The van der Waals surface area contributed by atoms with Crippen molar-refractivity contribution >= 4 is 11.7 Å². The number of ketones is 1. The largest absolute Gasteiger partial charge is 0.497 e. The maximum absolute atomic E-state index is 13.3. The van der Waals surface area contributed by atoms with E-state index < -0.39 is 0 Å². The molecule has 1 N–H and O–H groups in total. The highest BCUT2D eigenvalue weighted by Crippen LogP contribution is 2.46. The first-order valence-electron chi connectivity index (χ1n) is 12.4. The number of H-pyrrole nitrogens is 1. The number of benzene rings is 1. The number of likely N-dealkylation sites (tertiary alicyclic amines) is 2. The number of aromatic amines is 1. The lowest BCUT2D eigenvalue weighted by molar-refractivity contribution is -0.133. The van der Waals surface area contributed by atoms with Gasteiger partial charge in [0.1, 0.15) is 11.6 Å². The molecule has 0 radical (unpaired) electrons. The molecule has 1 atom stereocenters. The fraction of sp³-hybridized carbons (Fsp3) is 0.538. The van der Waals surface area contributed by atoms with Crippen LogP contribution in [0.25, 0.3) is 0 Å². The van der Waals surface area contributed by atoms with Gasteiger partial charge in [-0.15, -0.1) is 0 Å². The van der Waals surface area contributed by atoms with Crippen molar-refractivity contribution < 1.29 is 19.1 Å². The molecule has 1 spiro atoms. The van der Waals surface area contributed by atoms with Crippen molar-refractivity contribution in [3.05, 3.63) is 56.8 Å². The van der Waals surface area contributed by atoms with Crippen LogP contribution in [0.1, 0.15) is 52.3 Å². The van der Waals surface area contributed by atoms with Crippen molar-refractivity contribution in [3.63, 3.8) is 0 Å². The third-order valence-electron chi connectivity index (χ3n) is 8.25. The van der Waals surface area contributed by atoms with Crippen molar-refractivity contribution in [2.24, 2.45) is 5.41 Å². The maximum Gasteiger partial charge on any atom is 0.256 e. The van der Waals surface area contributed by atoms with Crippen molar-refractivity contribution in [1.82, 2.24) is 19.8 Å². The van der Waals surface area contributed by atoms with E-state index in [0.717, 1.165) is 61.3 Å². The molecule has 0 bridgehead atoms. The molecule has 3 aliphatic heterocycles. The molecule has 2 aromatic rings. The number of aromatic nitrogens is 2. The summed E-state index contributed by atoms with van der Waals surface area (Å²) in [6.07, 6.45) is 3.63. The van der Waals surface area contributed by atoms with Crippen LogP contribution in [0, 0.1) is 5.41 Å². The molecule has 6 rings (SSSR count). The maximum atomic E-state index is 13.3. The Balaban J connectivity index is 1.11. The number of ether oxygens (including phenoxy) is 2. The molecule has 0 saturated carbocycles. The molecular formula is C26H30N4O5. The summed E-state index contributed by atoms with van der Waals surface area (Å²) in [5.74, 6) is 1.63. The number of hydrogen-bond acceptors (Lipinski definition) is 7. The molecule has 9 nitrogen and oxygen atoms in total. The van der Waals surface area contributed by atoms with E-state index in [1.165, 1.54) is 0 Å². The van der Waals surface area contributed by atoms with E-state index in [1.54, 1.807) is 12.0 Å². The second kappa shape index (κ2) is 8.57. The Morgan fingerprint density at radius 2 is 2.03 bits per heavy atom. The van der Waals surface area contributed by atoms with Gasteiger partial charge in [-0.3, -0.25) is 19.3 Å². The molecule has 1 aromatic carbocycles. The van der Waals surface area contributed by atoms with Crippen LogP contribution in [0.5, 0.6) is 5.75 Å². The van der Waals surface area contributed by atoms with E-state index in [9.17, 15) is 14.4 Å². The Bertz CT molecular complexity index is 1250. The normalized spacial score (nSPS) is 23.6. The lowest BCUT2D eigenvalue weighted by atomic mass is 9.75. The third kappa shape index (κ3) is 3.77. The summed E-state index contributed by atoms with van der Waals surface area (Å²) in [7, 11) is 1.64. The van der Waals surface area contributed by atoms with Gasteiger partial charge in [0.05, 0.1) is 44.2 Å². The van der Waals surface area contributed by atoms with Crippen LogP contribution in [0.15, 0.2) is 23.0 Å². The van der Waals surface area contributed by atoms with Gasteiger partial charge in [0.2, 0.25) is 5.91 Å². The zero-order valence-corrected chi connectivity index (χ0v) is 20.0. The highest BCUT2D eigenvalue weighted by atomic mass is 16.5. The number of hydrogen-bond donors (Lipinski definition) is 1. The predicted octanol–water partition coefficient (Wildman–Crippen LogP) is 1.47. The Morgan fingerprint density at radius 1 is 1.20 bits per heavy atom. The Hall–Kier alpha value is -3.04. The number of carbonyl (C=O) groups excluding carboxylic acids is 2. The van der Waals surface area contributed by atoms with Gasteiger partial charge in [-0.2, -0.15) is 0 Å². The lowest BCUT2D eigenvalue weighted by Gasteiger charge is -2.40. The molecule has 2 fully saturated rings. The quantitative estimate of drug-likeness (QED) is 0.710. The van der Waals surface area contributed by atoms with Crippen LogP contribution in [0.3, 0.4) is 0 Å². The third-order valence-corrected chi connectivity index (χ3v) is 8.25. The molecule has 4 heterocycles. The second-order valence-electron chi connectivity index (χ2n) is 10.1. The van der Waals surface area contributed by atoms with Gasteiger partial charge >= 0.3 is 0 Å². The molecule has 9 heteroatoms. The highest BCUT2D eigenvalue weighted by Gasteiger charge is 2.49. The number of amides is 1. The van der Waals surface area contributed by atoms with E-state index >= 15 is 0 Å². The van der Waals surface area contributed by atoms with E-state index in [2.05, 4.69) is 14.9 Å². The number of methoxy groups -OCH3 is 1. The number of Topliss-reactive ketones (excluding diaryl/α,β-unsaturated/α-hetero) is 1. The molecular weight excluding hydrogens is 448 g/mol. The summed E-state index contributed by atoms with van der Waals surface area (Å²) in [6, 6.07) is 5.56. The standard InChI is InChI=1S/C26H30N4O5/c1-34-17-2-3-18-16(12-17)13-26(23(18)31)6-9-29(10-7-26)21-4-8-30(25(21)33)14-22-27-20-5-11-35-15-19(20)24(32)28-22/h2-3,12,21H,4-11,13-15H2,1H3,(H,27,28,32). The number of carbonyl (C=O) groups is 2. The van der Waals surface area contributed by atoms with Crippen LogP contribution in [0.2, 0.25) is 0 Å². The Labute approximate surface area is 203 Å². The molecule has 4 aliphatic rings. The minimum atomic E-state index is -0.358. The summed E-state index contributed by atoms with van der Waals surface area (Å²) in [5, 5.41) is 0. The number of nitrogens with one attached hydrogen (secondary N) is 1. The second-order valence-corrected chi connectivity index (χ2v) is 10.1. The smallest absolute Gasteiger partial charge is 0.256 e. The van der Waals surface area contributed by atoms with E-state index in [1.807, 2.05) is 18.2 Å². The minimum Gasteiger partial charge on any atom is -0.497 e. The van der Waals surface area contributed by atoms with Crippen molar-refractivity contribution in [1.29, 1.82) is 0 Å². The predicted molar refractivity (Wildman–Crippen MR) is 126 cm³/mol. The number of piperidine rings is 1. The van der Waals surface area contributed by atoms with E-state index in [0.29, 0.717) is 44.1 Å². The Kier molecular flexibility index (Phi) is 5.49. The van der Waals surface area contributed by atoms with E-state index in [4.69, 9.17) is 9.47 Å². The molecule has 1 unspecified atom stereocenters. The van der Waals surface area contributed by atoms with Crippen LogP contribution in [-0.4, -0.2) is 70.9 Å². The van der Waals surface area contributed by atoms with Crippen LogP contribution in [-0.2, 0) is 35.5 Å². The van der Waals surface area contributed by atoms with Gasteiger partial charge in [0, 0.05) is 23.9 Å². The highest BCUT2D eigenvalue weighted by molar-refractivity contribution is 6.05. The number of fused-ring (bicyclic) bond motifs is 2. The molecule has 1 aliphatic carbocycles. The van der Waals surface area contributed by atoms with Crippen LogP contribution < -0.4 is 10.3 Å². The van der Waals surface area contributed by atoms with Gasteiger partial charge < -0.3 is 19.4 Å². The molecule has 35 heavy (non-hydrogen) atoms. The molecule has 2 saturated heterocycles. The monoisotopic (exact) mass is 478 g/mol. The van der Waals surface area contributed by atoms with E-state index in [-0.39, 0.29) is 28.7 Å². The number of nitrogens with zero attached hydrogens (tertiary/aromatic N) is 3. The van der Waals surface area contributed by atoms with Gasteiger partial charge in [0.15, 0.2) is 5.78 Å². The van der Waals surface area contributed by atoms with Gasteiger partial charge in [0.25, 0.3) is 5.56 Å². The average Bonchev–Trinajstić information content (AvgIpc) is 3.36. The van der Waals surface area contributed by atoms with Crippen molar-refractivity contribution in [3.8, 4) is 5.75 Å². The van der Waals surface area contributed by atoms with Crippen molar-refractivity contribution in [2.45, 2.75) is 51.3 Å².